The van der Waals surface area contributed by atoms with E-state index < -0.39 is 0 Å². The third-order valence-electron chi connectivity index (χ3n) is 3.19. The Bertz CT molecular complexity index is 142. The van der Waals surface area contributed by atoms with Gasteiger partial charge in [0.2, 0.25) is 0 Å². The Hall–Kier alpha value is -0.260. The Morgan fingerprint density at radius 1 is 1.60 bits per heavy atom. The minimum absolute atomic E-state index is 0.458. The minimum Gasteiger partial charge on any atom is -0.0996 e. The molecule has 0 aliphatic heterocycles. The second-order valence-corrected chi connectivity index (χ2v) is 3.83. The Kier molecular flexibility index (Phi) is 1.89. The van der Waals surface area contributed by atoms with E-state index in [0.29, 0.717) is 5.41 Å². The van der Waals surface area contributed by atoms with Crippen molar-refractivity contribution in [2.24, 2.45) is 11.3 Å². The Morgan fingerprint density at radius 3 is 2.20 bits per heavy atom. The van der Waals surface area contributed by atoms with Crippen LogP contribution >= 0.6 is 0 Å². The lowest BCUT2D eigenvalue weighted by molar-refractivity contribution is 0.327. The van der Waals surface area contributed by atoms with Gasteiger partial charge in [-0.15, -0.1) is 0 Å². The molecule has 0 aromatic carbocycles. The molecule has 1 rings (SSSR count). The normalized spacial score (nSPS) is 23.9. The first-order chi connectivity index (χ1) is 4.61. The van der Waals surface area contributed by atoms with E-state index in [4.69, 9.17) is 0 Å². The van der Waals surface area contributed by atoms with Crippen molar-refractivity contribution < 1.29 is 0 Å². The summed E-state index contributed by atoms with van der Waals surface area (Å²) in [4.78, 5) is 0. The molecule has 0 heterocycles. The standard InChI is InChI=1S/C10H18/c1-5-10(4,8(2)3)9-6-7-9/h9H,2,5-7H2,1,3-4H3. The summed E-state index contributed by atoms with van der Waals surface area (Å²) in [7, 11) is 0. The van der Waals surface area contributed by atoms with Gasteiger partial charge in [0.1, 0.15) is 0 Å². The molecule has 1 aliphatic carbocycles. The van der Waals surface area contributed by atoms with Crippen LogP contribution in [0.4, 0.5) is 0 Å². The zero-order valence-electron chi connectivity index (χ0n) is 7.41. The summed E-state index contributed by atoms with van der Waals surface area (Å²) in [5, 5.41) is 0. The molecule has 0 spiro atoms. The Balaban J connectivity index is 2.65. The van der Waals surface area contributed by atoms with Crippen molar-refractivity contribution in [2.45, 2.75) is 40.0 Å². The SMILES string of the molecule is C=C(C)C(C)(CC)C1CC1. The average molecular weight is 138 g/mol. The first-order valence-corrected chi connectivity index (χ1v) is 4.27. The maximum atomic E-state index is 4.06. The summed E-state index contributed by atoms with van der Waals surface area (Å²) in [5.41, 5.74) is 1.83. The van der Waals surface area contributed by atoms with E-state index in [1.807, 2.05) is 0 Å². The second-order valence-electron chi connectivity index (χ2n) is 3.83. The molecule has 0 amide bonds. The summed E-state index contributed by atoms with van der Waals surface area (Å²) in [5.74, 6) is 0.954. The van der Waals surface area contributed by atoms with Crippen molar-refractivity contribution >= 4 is 0 Å². The van der Waals surface area contributed by atoms with Gasteiger partial charge < -0.3 is 0 Å². The molecular weight excluding hydrogens is 120 g/mol. The van der Waals surface area contributed by atoms with E-state index in [1.165, 1.54) is 24.8 Å². The summed E-state index contributed by atoms with van der Waals surface area (Å²) < 4.78 is 0. The van der Waals surface area contributed by atoms with Crippen LogP contribution in [-0.2, 0) is 0 Å². The van der Waals surface area contributed by atoms with Crippen LogP contribution in [0.2, 0.25) is 0 Å². The lowest BCUT2D eigenvalue weighted by Gasteiger charge is -2.28. The van der Waals surface area contributed by atoms with Crippen molar-refractivity contribution in [1.82, 2.24) is 0 Å². The van der Waals surface area contributed by atoms with Crippen LogP contribution in [0.1, 0.15) is 40.0 Å². The van der Waals surface area contributed by atoms with Crippen molar-refractivity contribution in [3.05, 3.63) is 12.2 Å². The van der Waals surface area contributed by atoms with Crippen molar-refractivity contribution in [1.29, 1.82) is 0 Å². The van der Waals surface area contributed by atoms with E-state index in [2.05, 4.69) is 27.4 Å². The van der Waals surface area contributed by atoms with Crippen molar-refractivity contribution in [3.8, 4) is 0 Å². The highest BCUT2D eigenvalue weighted by molar-refractivity contribution is 5.11. The fraction of sp³-hybridized carbons (Fsp3) is 0.800. The van der Waals surface area contributed by atoms with Crippen LogP contribution in [0.15, 0.2) is 12.2 Å². The van der Waals surface area contributed by atoms with Gasteiger partial charge in [0, 0.05) is 0 Å². The number of rotatable bonds is 3. The largest absolute Gasteiger partial charge is 0.0996 e. The van der Waals surface area contributed by atoms with Crippen LogP contribution in [0.3, 0.4) is 0 Å². The summed E-state index contributed by atoms with van der Waals surface area (Å²) in [6.07, 6.45) is 4.11. The molecule has 0 radical (unpaired) electrons. The molecule has 10 heavy (non-hydrogen) atoms. The van der Waals surface area contributed by atoms with Crippen LogP contribution in [-0.4, -0.2) is 0 Å². The van der Waals surface area contributed by atoms with Crippen LogP contribution in [0.5, 0.6) is 0 Å². The molecule has 0 saturated heterocycles. The molecule has 0 aromatic rings. The zero-order valence-corrected chi connectivity index (χ0v) is 7.41. The average Bonchev–Trinajstić information content (AvgIpc) is 2.67. The van der Waals surface area contributed by atoms with E-state index in [0.717, 1.165) is 5.92 Å². The second kappa shape index (κ2) is 2.41. The van der Waals surface area contributed by atoms with Gasteiger partial charge in [0.25, 0.3) is 0 Å². The van der Waals surface area contributed by atoms with Crippen molar-refractivity contribution in [3.63, 3.8) is 0 Å². The smallest absolute Gasteiger partial charge is 0.00962 e. The topological polar surface area (TPSA) is 0 Å². The highest BCUT2D eigenvalue weighted by Crippen LogP contribution is 2.51. The Morgan fingerprint density at radius 2 is 2.10 bits per heavy atom. The van der Waals surface area contributed by atoms with Gasteiger partial charge in [-0.1, -0.05) is 26.0 Å². The summed E-state index contributed by atoms with van der Waals surface area (Å²) in [6.45, 7) is 10.9. The number of allylic oxidation sites excluding steroid dienone is 1. The molecule has 1 unspecified atom stereocenters. The highest BCUT2D eigenvalue weighted by atomic mass is 14.4. The fourth-order valence-electron chi connectivity index (χ4n) is 1.66. The van der Waals surface area contributed by atoms with Gasteiger partial charge in [-0.25, -0.2) is 0 Å². The van der Waals surface area contributed by atoms with Gasteiger partial charge in [-0.3, -0.25) is 0 Å². The summed E-state index contributed by atoms with van der Waals surface area (Å²) in [6, 6.07) is 0. The zero-order chi connectivity index (χ0) is 7.78. The molecule has 0 heteroatoms. The summed E-state index contributed by atoms with van der Waals surface area (Å²) >= 11 is 0. The lowest BCUT2D eigenvalue weighted by atomic mass is 9.77. The first-order valence-electron chi connectivity index (χ1n) is 4.27. The van der Waals surface area contributed by atoms with Crippen molar-refractivity contribution in [2.75, 3.05) is 0 Å². The van der Waals surface area contributed by atoms with E-state index >= 15 is 0 Å². The predicted octanol–water partition coefficient (Wildman–Crippen LogP) is 3.39. The molecule has 0 bridgehead atoms. The predicted molar refractivity (Wildman–Crippen MR) is 45.9 cm³/mol. The van der Waals surface area contributed by atoms with Crippen LogP contribution in [0.25, 0.3) is 0 Å². The quantitative estimate of drug-likeness (QED) is 0.524. The number of hydrogen-bond acceptors (Lipinski definition) is 0. The third kappa shape index (κ3) is 1.12. The molecule has 58 valence electrons. The molecular formula is C10H18. The maximum Gasteiger partial charge on any atom is -0.00962 e. The van der Waals surface area contributed by atoms with Gasteiger partial charge in [0.15, 0.2) is 0 Å². The van der Waals surface area contributed by atoms with Crippen LogP contribution in [0, 0.1) is 11.3 Å². The van der Waals surface area contributed by atoms with Gasteiger partial charge in [-0.2, -0.15) is 0 Å². The molecule has 1 atom stereocenters. The molecule has 0 nitrogen and oxygen atoms in total. The highest BCUT2D eigenvalue weighted by Gasteiger charge is 2.40. The molecule has 1 saturated carbocycles. The van der Waals surface area contributed by atoms with E-state index in [-0.39, 0.29) is 0 Å². The molecule has 0 N–H and O–H groups in total. The third-order valence-corrected chi connectivity index (χ3v) is 3.19. The number of hydrogen-bond donors (Lipinski definition) is 0. The monoisotopic (exact) mass is 138 g/mol. The van der Waals surface area contributed by atoms with E-state index in [1.54, 1.807) is 0 Å². The van der Waals surface area contributed by atoms with E-state index in [9.17, 15) is 0 Å². The van der Waals surface area contributed by atoms with Gasteiger partial charge >= 0.3 is 0 Å². The fourth-order valence-corrected chi connectivity index (χ4v) is 1.66. The molecule has 1 fully saturated rings. The van der Waals surface area contributed by atoms with Gasteiger partial charge in [0.05, 0.1) is 0 Å². The lowest BCUT2D eigenvalue weighted by Crippen LogP contribution is -2.18. The Labute approximate surface area is 64.3 Å². The maximum absolute atomic E-state index is 4.06. The first kappa shape index (κ1) is 7.84. The van der Waals surface area contributed by atoms with Crippen LogP contribution < -0.4 is 0 Å². The minimum atomic E-state index is 0.458. The molecule has 1 aliphatic rings. The molecule has 0 aromatic heterocycles. The van der Waals surface area contributed by atoms with Gasteiger partial charge in [-0.05, 0) is 37.5 Å².